The molecule has 0 spiro atoms. The van der Waals surface area contributed by atoms with Gasteiger partial charge in [0, 0.05) is 0 Å². The van der Waals surface area contributed by atoms with Gasteiger partial charge in [-0.25, -0.2) is 0 Å². The van der Waals surface area contributed by atoms with Gasteiger partial charge >= 0.3 is 181 Å². The van der Waals surface area contributed by atoms with E-state index < -0.39 is 8.32 Å². The maximum absolute atomic E-state index is 6.47. The van der Waals surface area contributed by atoms with Gasteiger partial charge in [0.1, 0.15) is 0 Å². The fourth-order valence-electron chi connectivity index (χ4n) is 2.95. The van der Waals surface area contributed by atoms with E-state index >= 15 is 0 Å². The molecule has 0 saturated heterocycles. The zero-order chi connectivity index (χ0) is 19.8. The molecule has 1 unspecified atom stereocenters. The Morgan fingerprint density at radius 2 is 1.36 bits per heavy atom. The molecule has 0 heterocycles. The van der Waals surface area contributed by atoms with Crippen molar-refractivity contribution in [2.45, 2.75) is 30.0 Å². The summed E-state index contributed by atoms with van der Waals surface area (Å²) in [6.07, 6.45) is 3.34. The Morgan fingerprint density at radius 3 is 1.93 bits per heavy atom. The zero-order valence-corrected chi connectivity index (χ0v) is 20.2. The summed E-state index contributed by atoms with van der Waals surface area (Å²) in [4.78, 5) is 0. The van der Waals surface area contributed by atoms with E-state index in [4.69, 9.17) is 4.43 Å². The molecule has 144 valence electrons. The number of allylic oxidation sites excluding steroid dienone is 1. The van der Waals surface area contributed by atoms with Crippen LogP contribution in [0.1, 0.15) is 21.5 Å². The molecule has 0 N–H and O–H groups in total. The van der Waals surface area contributed by atoms with Crippen molar-refractivity contribution in [3.05, 3.63) is 108 Å². The Kier molecular flexibility index (Phi) is 7.56. The van der Waals surface area contributed by atoms with Crippen LogP contribution < -0.4 is 3.61 Å². The molecule has 0 fully saturated rings. The second-order valence-corrected chi connectivity index (χ2v) is 15.8. The Balaban J connectivity index is 1.88. The fraction of sp³-hybridized carbons (Fsp3) is 0.200. The molecule has 0 aliphatic carbocycles. The first-order valence-corrected chi connectivity index (χ1v) is 15.6. The molecule has 3 heteroatoms. The van der Waals surface area contributed by atoms with Crippen LogP contribution in [0.2, 0.25) is 19.6 Å². The molecule has 0 aromatic heterocycles. The molecule has 0 amide bonds. The van der Waals surface area contributed by atoms with Gasteiger partial charge in [-0.1, -0.05) is 0 Å². The van der Waals surface area contributed by atoms with Crippen molar-refractivity contribution >= 4 is 38.6 Å². The molecule has 0 saturated carbocycles. The van der Waals surface area contributed by atoms with Crippen molar-refractivity contribution in [3.8, 4) is 0 Å². The Bertz CT molecular complexity index is 871. The standard InChI is InChI=1S/C25H28OSiTe/c1-27(2,3)26-24(21-13-7-4-8-14-21)19-20-25(22-15-9-5-10-16-22)28-23-17-11-6-12-18-23/h4-19,25H,20H2,1-3H3/b24-19-. The molecular formula is C25H28OSiTe. The second kappa shape index (κ2) is 10.1. The Morgan fingerprint density at radius 1 is 0.821 bits per heavy atom. The van der Waals surface area contributed by atoms with Gasteiger partial charge in [-0.3, -0.25) is 0 Å². The van der Waals surface area contributed by atoms with Crippen LogP contribution in [0.15, 0.2) is 97.1 Å². The first kappa shape index (κ1) is 20.9. The SMILES string of the molecule is C[Si](C)(C)O/C(=C\CC([Te]c1ccccc1)c1ccccc1)c1ccccc1. The first-order valence-electron chi connectivity index (χ1n) is 9.72. The number of benzene rings is 3. The molecule has 0 aliphatic heterocycles. The van der Waals surface area contributed by atoms with E-state index in [0.717, 1.165) is 12.2 Å². The minimum absolute atomic E-state index is 0.355. The summed E-state index contributed by atoms with van der Waals surface area (Å²) >= 11 is -0.355. The third kappa shape index (κ3) is 6.67. The van der Waals surface area contributed by atoms with E-state index in [1.54, 1.807) is 0 Å². The van der Waals surface area contributed by atoms with Crippen LogP contribution in [0.5, 0.6) is 0 Å². The summed E-state index contributed by atoms with van der Waals surface area (Å²) in [7, 11) is -1.69. The van der Waals surface area contributed by atoms with Gasteiger partial charge in [-0.2, -0.15) is 0 Å². The average Bonchev–Trinajstić information content (AvgIpc) is 2.71. The maximum atomic E-state index is 6.47. The van der Waals surface area contributed by atoms with Crippen molar-refractivity contribution in [3.63, 3.8) is 0 Å². The Labute approximate surface area is 180 Å². The van der Waals surface area contributed by atoms with E-state index in [1.807, 2.05) is 0 Å². The quantitative estimate of drug-likeness (QED) is 0.271. The number of rotatable bonds is 8. The van der Waals surface area contributed by atoms with E-state index in [0.29, 0.717) is 3.97 Å². The van der Waals surface area contributed by atoms with Gasteiger partial charge in [0.25, 0.3) is 0 Å². The molecule has 0 radical (unpaired) electrons. The van der Waals surface area contributed by atoms with Crippen molar-refractivity contribution in [1.82, 2.24) is 0 Å². The van der Waals surface area contributed by atoms with Crippen LogP contribution in [0, 0.1) is 0 Å². The van der Waals surface area contributed by atoms with Crippen LogP contribution in [-0.4, -0.2) is 29.2 Å². The van der Waals surface area contributed by atoms with Crippen LogP contribution in [0.3, 0.4) is 0 Å². The van der Waals surface area contributed by atoms with Gasteiger partial charge in [-0.15, -0.1) is 0 Å². The molecule has 28 heavy (non-hydrogen) atoms. The Hall–Kier alpha value is -1.79. The third-order valence-corrected chi connectivity index (χ3v) is 8.71. The van der Waals surface area contributed by atoms with Crippen LogP contribution >= 0.6 is 0 Å². The van der Waals surface area contributed by atoms with E-state index in [1.165, 1.54) is 14.7 Å². The third-order valence-electron chi connectivity index (χ3n) is 4.18. The van der Waals surface area contributed by atoms with Crippen molar-refractivity contribution in [2.24, 2.45) is 0 Å². The fourth-order valence-corrected chi connectivity index (χ4v) is 7.03. The summed E-state index contributed by atoms with van der Waals surface area (Å²) in [5.74, 6) is 1.04. The average molecular weight is 500 g/mol. The van der Waals surface area contributed by atoms with E-state index in [2.05, 4.69) is 117 Å². The molecule has 3 aromatic carbocycles. The van der Waals surface area contributed by atoms with Gasteiger partial charge in [0.2, 0.25) is 0 Å². The van der Waals surface area contributed by atoms with Gasteiger partial charge in [0.15, 0.2) is 0 Å². The molecule has 3 aromatic rings. The number of hydrogen-bond acceptors (Lipinski definition) is 1. The van der Waals surface area contributed by atoms with Crippen LogP contribution in [-0.2, 0) is 4.43 Å². The summed E-state index contributed by atoms with van der Waals surface area (Å²) in [6.45, 7) is 6.74. The normalized spacial score (nSPS) is 13.2. The molecule has 1 atom stereocenters. The predicted octanol–water partition coefficient (Wildman–Crippen LogP) is 6.04. The molecule has 0 bridgehead atoms. The second-order valence-electron chi connectivity index (χ2n) is 7.71. The first-order chi connectivity index (χ1) is 13.5. The summed E-state index contributed by atoms with van der Waals surface area (Å²) in [6, 6.07) is 32.4. The number of hydrogen-bond donors (Lipinski definition) is 0. The van der Waals surface area contributed by atoms with Crippen LogP contribution in [0.4, 0.5) is 0 Å². The van der Waals surface area contributed by atoms with Gasteiger partial charge < -0.3 is 0 Å². The van der Waals surface area contributed by atoms with Crippen LogP contribution in [0.25, 0.3) is 5.76 Å². The van der Waals surface area contributed by atoms with Gasteiger partial charge in [0.05, 0.1) is 0 Å². The van der Waals surface area contributed by atoms with Gasteiger partial charge in [-0.05, 0) is 0 Å². The summed E-state index contributed by atoms with van der Waals surface area (Å²) < 4.78 is 8.53. The monoisotopic (exact) mass is 502 g/mol. The topological polar surface area (TPSA) is 9.23 Å². The molecule has 0 aliphatic rings. The van der Waals surface area contributed by atoms with Crippen molar-refractivity contribution < 1.29 is 4.43 Å². The summed E-state index contributed by atoms with van der Waals surface area (Å²) in [5.41, 5.74) is 2.61. The minimum atomic E-state index is -1.69. The zero-order valence-electron chi connectivity index (χ0n) is 16.8. The molecule has 3 rings (SSSR count). The molecule has 1 nitrogen and oxygen atoms in total. The molecular weight excluding hydrogens is 472 g/mol. The summed E-state index contributed by atoms with van der Waals surface area (Å²) in [5, 5.41) is 0. The van der Waals surface area contributed by atoms with E-state index in [9.17, 15) is 0 Å². The predicted molar refractivity (Wildman–Crippen MR) is 124 cm³/mol. The van der Waals surface area contributed by atoms with Crippen molar-refractivity contribution in [2.75, 3.05) is 0 Å². The van der Waals surface area contributed by atoms with Crippen molar-refractivity contribution in [1.29, 1.82) is 0 Å². The van der Waals surface area contributed by atoms with E-state index in [-0.39, 0.29) is 20.9 Å².